The monoisotopic (exact) mass is 414 g/mol. The zero-order chi connectivity index (χ0) is 19.9. The number of halogens is 2. The minimum Gasteiger partial charge on any atom is -0.484 e. The Morgan fingerprint density at radius 3 is 2.57 bits per heavy atom. The average molecular weight is 415 g/mol. The molecule has 3 aromatic carbocycles. The van der Waals surface area contributed by atoms with Crippen LogP contribution in [0, 0.1) is 6.92 Å². The van der Waals surface area contributed by atoms with Crippen LogP contribution in [0.15, 0.2) is 66.7 Å². The van der Waals surface area contributed by atoms with E-state index in [-0.39, 0.29) is 12.5 Å². The van der Waals surface area contributed by atoms with Crippen molar-refractivity contribution in [3.05, 3.63) is 87.9 Å². The summed E-state index contributed by atoms with van der Waals surface area (Å²) in [6.45, 7) is 2.41. The number of anilines is 2. The fourth-order valence-corrected chi connectivity index (χ4v) is 2.95. The Bertz CT molecular complexity index is 976. The largest absolute Gasteiger partial charge is 0.484 e. The number of para-hydroxylation sites is 1. The third kappa shape index (κ3) is 5.65. The molecule has 0 saturated carbocycles. The Balaban J connectivity index is 1.53. The highest BCUT2D eigenvalue weighted by Gasteiger charge is 2.06. The van der Waals surface area contributed by atoms with E-state index < -0.39 is 0 Å². The van der Waals surface area contributed by atoms with Gasteiger partial charge in [0.25, 0.3) is 5.91 Å². The Hall–Kier alpha value is -2.69. The van der Waals surface area contributed by atoms with Gasteiger partial charge in [0.15, 0.2) is 6.61 Å². The molecule has 0 aliphatic rings. The predicted molar refractivity (Wildman–Crippen MR) is 116 cm³/mol. The van der Waals surface area contributed by atoms with Gasteiger partial charge in [0.2, 0.25) is 0 Å². The number of aryl methyl sites for hydroxylation is 1. The highest BCUT2D eigenvalue weighted by Crippen LogP contribution is 2.22. The molecule has 0 aliphatic heterocycles. The van der Waals surface area contributed by atoms with Crippen molar-refractivity contribution in [1.82, 2.24) is 0 Å². The summed E-state index contributed by atoms with van der Waals surface area (Å²) in [5.41, 5.74) is 3.48. The minimum atomic E-state index is -0.250. The Labute approximate surface area is 174 Å². The number of amides is 1. The van der Waals surface area contributed by atoms with Crippen LogP contribution in [-0.4, -0.2) is 12.5 Å². The molecule has 0 aliphatic carbocycles. The molecular formula is C22H20Cl2N2O2. The molecular weight excluding hydrogens is 395 g/mol. The van der Waals surface area contributed by atoms with Crippen molar-refractivity contribution in [2.45, 2.75) is 13.5 Å². The first-order chi connectivity index (χ1) is 13.5. The smallest absolute Gasteiger partial charge is 0.262 e. The van der Waals surface area contributed by atoms with E-state index in [1.54, 1.807) is 12.1 Å². The summed E-state index contributed by atoms with van der Waals surface area (Å²) in [6, 6.07) is 20.5. The first-order valence-corrected chi connectivity index (χ1v) is 9.53. The maximum Gasteiger partial charge on any atom is 0.262 e. The lowest BCUT2D eigenvalue weighted by molar-refractivity contribution is -0.118. The number of hydrogen-bond acceptors (Lipinski definition) is 3. The molecule has 1 amide bonds. The van der Waals surface area contributed by atoms with Gasteiger partial charge in [0.05, 0.1) is 10.7 Å². The van der Waals surface area contributed by atoms with Gasteiger partial charge in [-0.25, -0.2) is 0 Å². The fourth-order valence-electron chi connectivity index (χ4n) is 2.56. The van der Waals surface area contributed by atoms with Gasteiger partial charge in [0, 0.05) is 17.3 Å². The van der Waals surface area contributed by atoms with Gasteiger partial charge in [-0.15, -0.1) is 0 Å². The van der Waals surface area contributed by atoms with E-state index in [1.165, 1.54) is 0 Å². The van der Waals surface area contributed by atoms with Crippen LogP contribution in [0.25, 0.3) is 0 Å². The fraction of sp³-hybridized carbons (Fsp3) is 0.136. The van der Waals surface area contributed by atoms with E-state index >= 15 is 0 Å². The van der Waals surface area contributed by atoms with Crippen LogP contribution in [0.2, 0.25) is 10.0 Å². The van der Waals surface area contributed by atoms with Crippen LogP contribution in [0.5, 0.6) is 5.75 Å². The molecule has 0 spiro atoms. The topological polar surface area (TPSA) is 50.4 Å². The number of carbonyl (C=O) groups is 1. The molecule has 28 heavy (non-hydrogen) atoms. The van der Waals surface area contributed by atoms with E-state index in [2.05, 4.69) is 10.6 Å². The molecule has 6 heteroatoms. The molecule has 0 fully saturated rings. The summed E-state index contributed by atoms with van der Waals surface area (Å²) in [4.78, 5) is 12.1. The third-order valence-corrected chi connectivity index (χ3v) is 4.82. The Morgan fingerprint density at radius 2 is 1.79 bits per heavy atom. The summed E-state index contributed by atoms with van der Waals surface area (Å²) in [5.74, 6) is 0.370. The minimum absolute atomic E-state index is 0.0904. The zero-order valence-electron chi connectivity index (χ0n) is 15.3. The summed E-state index contributed by atoms with van der Waals surface area (Å²) in [5, 5.41) is 7.33. The van der Waals surface area contributed by atoms with Crippen molar-refractivity contribution in [1.29, 1.82) is 0 Å². The summed E-state index contributed by atoms with van der Waals surface area (Å²) in [7, 11) is 0. The van der Waals surface area contributed by atoms with Crippen molar-refractivity contribution in [2.24, 2.45) is 0 Å². The van der Waals surface area contributed by atoms with Crippen molar-refractivity contribution in [2.75, 3.05) is 17.2 Å². The molecule has 3 rings (SSSR count). The second-order valence-corrected chi connectivity index (χ2v) is 7.10. The lowest BCUT2D eigenvalue weighted by Crippen LogP contribution is -2.20. The number of benzene rings is 3. The highest BCUT2D eigenvalue weighted by atomic mass is 35.5. The summed E-state index contributed by atoms with van der Waals surface area (Å²) >= 11 is 12.2. The first-order valence-electron chi connectivity index (χ1n) is 8.77. The SMILES string of the molecule is Cc1ccc(NC(=O)COc2cccc(CNc3ccccc3Cl)c2)cc1Cl. The van der Waals surface area contributed by atoms with Gasteiger partial charge in [0.1, 0.15) is 5.75 Å². The molecule has 0 aromatic heterocycles. The van der Waals surface area contributed by atoms with Gasteiger partial charge >= 0.3 is 0 Å². The zero-order valence-corrected chi connectivity index (χ0v) is 16.8. The second kappa shape index (κ2) is 9.49. The van der Waals surface area contributed by atoms with Crippen LogP contribution in [0.1, 0.15) is 11.1 Å². The molecule has 0 heterocycles. The molecule has 0 unspecified atom stereocenters. The molecule has 4 nitrogen and oxygen atoms in total. The van der Waals surface area contributed by atoms with E-state index in [4.69, 9.17) is 27.9 Å². The van der Waals surface area contributed by atoms with Crippen molar-refractivity contribution in [3.8, 4) is 5.75 Å². The van der Waals surface area contributed by atoms with Gasteiger partial charge in [-0.2, -0.15) is 0 Å². The highest BCUT2D eigenvalue weighted by molar-refractivity contribution is 6.33. The normalized spacial score (nSPS) is 10.4. The van der Waals surface area contributed by atoms with Crippen molar-refractivity contribution in [3.63, 3.8) is 0 Å². The Kier molecular flexibility index (Phi) is 6.80. The van der Waals surface area contributed by atoms with Crippen LogP contribution < -0.4 is 15.4 Å². The maximum atomic E-state index is 12.1. The summed E-state index contributed by atoms with van der Waals surface area (Å²) < 4.78 is 5.61. The third-order valence-electron chi connectivity index (χ3n) is 4.08. The van der Waals surface area contributed by atoms with Gasteiger partial charge < -0.3 is 15.4 Å². The molecule has 2 N–H and O–H groups in total. The number of carbonyl (C=O) groups excluding carboxylic acids is 1. The molecule has 0 atom stereocenters. The van der Waals surface area contributed by atoms with Crippen LogP contribution in [0.3, 0.4) is 0 Å². The van der Waals surface area contributed by atoms with Crippen LogP contribution in [0.4, 0.5) is 11.4 Å². The number of nitrogens with one attached hydrogen (secondary N) is 2. The molecule has 0 bridgehead atoms. The van der Waals surface area contributed by atoms with Gasteiger partial charge in [-0.3, -0.25) is 4.79 Å². The van der Waals surface area contributed by atoms with Crippen molar-refractivity contribution < 1.29 is 9.53 Å². The number of hydrogen-bond donors (Lipinski definition) is 2. The average Bonchev–Trinajstić information content (AvgIpc) is 2.69. The first kappa shape index (κ1) is 20.1. The molecule has 3 aromatic rings. The standard InChI is InChI=1S/C22H20Cl2N2O2/c1-15-9-10-17(12-20(15)24)26-22(27)14-28-18-6-4-5-16(11-18)13-25-21-8-3-2-7-19(21)23/h2-12,25H,13-14H2,1H3,(H,26,27). The molecule has 144 valence electrons. The van der Waals surface area contributed by atoms with Crippen LogP contribution in [-0.2, 0) is 11.3 Å². The predicted octanol–water partition coefficient (Wildman–Crippen LogP) is 5.93. The van der Waals surface area contributed by atoms with Crippen molar-refractivity contribution >= 4 is 40.5 Å². The lowest BCUT2D eigenvalue weighted by atomic mass is 10.2. The maximum absolute atomic E-state index is 12.1. The number of rotatable bonds is 7. The van der Waals surface area contributed by atoms with E-state index in [0.717, 1.165) is 16.8 Å². The molecule has 0 saturated heterocycles. The van der Waals surface area contributed by atoms with E-state index in [1.807, 2.05) is 61.5 Å². The van der Waals surface area contributed by atoms with E-state index in [0.29, 0.717) is 28.0 Å². The summed E-state index contributed by atoms with van der Waals surface area (Å²) in [6.07, 6.45) is 0. The van der Waals surface area contributed by atoms with Crippen LogP contribution >= 0.6 is 23.2 Å². The van der Waals surface area contributed by atoms with Gasteiger partial charge in [-0.1, -0.05) is 53.5 Å². The molecule has 0 radical (unpaired) electrons. The van der Waals surface area contributed by atoms with E-state index in [9.17, 15) is 4.79 Å². The number of ether oxygens (including phenoxy) is 1. The van der Waals surface area contributed by atoms with Gasteiger partial charge in [-0.05, 0) is 54.4 Å². The second-order valence-electron chi connectivity index (χ2n) is 6.28. The quantitative estimate of drug-likeness (QED) is 0.503. The lowest BCUT2D eigenvalue weighted by Gasteiger charge is -2.11. The Morgan fingerprint density at radius 1 is 0.964 bits per heavy atom.